The zero-order valence-electron chi connectivity index (χ0n) is 15.1. The Bertz CT molecular complexity index is 1200. The van der Waals surface area contributed by atoms with Crippen molar-refractivity contribution in [2.24, 2.45) is 4.99 Å². The standard InChI is InChI=1S/C21H13Cl2N3O3/c1-12(27)26-11-15(19(25-26)13-5-3-2-4-6-13)10-18-21(28)29-20(24-18)14-7-8-16(22)17(23)9-14/h2-11H,1H3/b18-10-. The Kier molecular flexibility index (Phi) is 5.05. The van der Waals surface area contributed by atoms with Crippen LogP contribution in [-0.2, 0) is 9.53 Å². The molecule has 1 aliphatic rings. The summed E-state index contributed by atoms with van der Waals surface area (Å²) in [6.07, 6.45) is 3.10. The molecule has 8 heteroatoms. The molecular formula is C21H13Cl2N3O3. The van der Waals surface area contributed by atoms with E-state index in [1.165, 1.54) is 11.6 Å². The normalized spacial score (nSPS) is 14.8. The molecule has 0 saturated heterocycles. The van der Waals surface area contributed by atoms with Gasteiger partial charge in [0.2, 0.25) is 11.8 Å². The van der Waals surface area contributed by atoms with Gasteiger partial charge in [-0.3, -0.25) is 4.79 Å². The third-order valence-corrected chi connectivity index (χ3v) is 4.93. The van der Waals surface area contributed by atoms with Crippen molar-refractivity contribution < 1.29 is 14.3 Å². The zero-order chi connectivity index (χ0) is 20.5. The number of esters is 1. The molecule has 0 saturated carbocycles. The van der Waals surface area contributed by atoms with Crippen LogP contribution in [-0.4, -0.2) is 27.6 Å². The number of cyclic esters (lactones) is 1. The van der Waals surface area contributed by atoms with E-state index in [1.807, 2.05) is 30.3 Å². The van der Waals surface area contributed by atoms with Crippen LogP contribution >= 0.6 is 23.2 Å². The minimum absolute atomic E-state index is 0.0892. The van der Waals surface area contributed by atoms with Gasteiger partial charge in [-0.25, -0.2) is 14.5 Å². The molecule has 29 heavy (non-hydrogen) atoms. The number of carbonyl (C=O) groups excluding carboxylic acids is 2. The van der Waals surface area contributed by atoms with E-state index in [2.05, 4.69) is 10.1 Å². The second-order valence-electron chi connectivity index (χ2n) is 6.23. The number of ether oxygens (including phenoxy) is 1. The number of benzene rings is 2. The maximum absolute atomic E-state index is 12.3. The number of hydrogen-bond donors (Lipinski definition) is 0. The summed E-state index contributed by atoms with van der Waals surface area (Å²) in [5, 5.41) is 5.05. The molecular weight excluding hydrogens is 413 g/mol. The fourth-order valence-corrected chi connectivity index (χ4v) is 3.08. The molecule has 0 fully saturated rings. The van der Waals surface area contributed by atoms with E-state index in [4.69, 9.17) is 27.9 Å². The van der Waals surface area contributed by atoms with Gasteiger partial charge in [0.15, 0.2) is 5.70 Å². The Morgan fingerprint density at radius 3 is 2.52 bits per heavy atom. The van der Waals surface area contributed by atoms with Crippen LogP contribution in [0.1, 0.15) is 22.8 Å². The first-order valence-corrected chi connectivity index (χ1v) is 9.32. The van der Waals surface area contributed by atoms with Gasteiger partial charge in [-0.1, -0.05) is 53.5 Å². The second-order valence-corrected chi connectivity index (χ2v) is 7.04. The molecule has 0 spiro atoms. The lowest BCUT2D eigenvalue weighted by molar-refractivity contribution is -0.129. The summed E-state index contributed by atoms with van der Waals surface area (Å²) in [4.78, 5) is 28.4. The molecule has 0 radical (unpaired) electrons. The molecule has 1 aromatic heterocycles. The van der Waals surface area contributed by atoms with Crippen LogP contribution in [0.3, 0.4) is 0 Å². The molecule has 6 nitrogen and oxygen atoms in total. The maximum Gasteiger partial charge on any atom is 0.363 e. The molecule has 3 aromatic rings. The van der Waals surface area contributed by atoms with Crippen molar-refractivity contribution in [3.8, 4) is 11.3 Å². The van der Waals surface area contributed by atoms with Crippen LogP contribution < -0.4 is 0 Å². The molecule has 2 heterocycles. The van der Waals surface area contributed by atoms with Crippen molar-refractivity contribution in [3.05, 3.63) is 81.6 Å². The molecule has 0 atom stereocenters. The van der Waals surface area contributed by atoms with Crippen LogP contribution in [0.5, 0.6) is 0 Å². The van der Waals surface area contributed by atoms with Crippen molar-refractivity contribution in [2.45, 2.75) is 6.92 Å². The van der Waals surface area contributed by atoms with Crippen LogP contribution in [0.25, 0.3) is 17.3 Å². The summed E-state index contributed by atoms with van der Waals surface area (Å²) in [6.45, 7) is 1.41. The molecule has 0 aliphatic carbocycles. The van der Waals surface area contributed by atoms with Crippen LogP contribution in [0.4, 0.5) is 0 Å². The summed E-state index contributed by atoms with van der Waals surface area (Å²) in [5.74, 6) is -0.735. The van der Waals surface area contributed by atoms with E-state index < -0.39 is 5.97 Å². The highest BCUT2D eigenvalue weighted by atomic mass is 35.5. The summed E-state index contributed by atoms with van der Waals surface area (Å²) in [6, 6.07) is 14.2. The van der Waals surface area contributed by atoms with E-state index in [-0.39, 0.29) is 17.5 Å². The number of aromatic nitrogens is 2. The molecule has 2 aromatic carbocycles. The average molecular weight is 426 g/mol. The van der Waals surface area contributed by atoms with Gasteiger partial charge in [0, 0.05) is 29.8 Å². The lowest BCUT2D eigenvalue weighted by atomic mass is 10.1. The third-order valence-electron chi connectivity index (χ3n) is 4.19. The lowest BCUT2D eigenvalue weighted by Gasteiger charge is -2.01. The number of nitrogens with zero attached hydrogens (tertiary/aromatic N) is 3. The molecule has 0 N–H and O–H groups in total. The Morgan fingerprint density at radius 1 is 1.07 bits per heavy atom. The van der Waals surface area contributed by atoms with E-state index in [0.717, 1.165) is 5.56 Å². The third kappa shape index (κ3) is 3.85. The lowest BCUT2D eigenvalue weighted by Crippen LogP contribution is -2.05. The summed E-state index contributed by atoms with van der Waals surface area (Å²) >= 11 is 12.0. The SMILES string of the molecule is CC(=O)n1cc(/C=C2\N=C(c3ccc(Cl)c(Cl)c3)OC2=O)c(-c2ccccc2)n1. The van der Waals surface area contributed by atoms with Gasteiger partial charge in [0.05, 0.1) is 10.0 Å². The molecule has 0 amide bonds. The van der Waals surface area contributed by atoms with Gasteiger partial charge < -0.3 is 4.74 Å². The Balaban J connectivity index is 1.77. The van der Waals surface area contributed by atoms with Crippen LogP contribution in [0, 0.1) is 0 Å². The number of aliphatic imine (C=N–C) groups is 1. The van der Waals surface area contributed by atoms with Crippen molar-refractivity contribution >= 4 is 47.1 Å². The topological polar surface area (TPSA) is 73.6 Å². The predicted octanol–water partition coefficient (Wildman–Crippen LogP) is 4.86. The van der Waals surface area contributed by atoms with Crippen molar-refractivity contribution in [1.29, 1.82) is 0 Å². The average Bonchev–Trinajstić information content (AvgIpc) is 3.29. The minimum Gasteiger partial charge on any atom is -0.402 e. The number of rotatable bonds is 3. The molecule has 1 aliphatic heterocycles. The zero-order valence-corrected chi connectivity index (χ0v) is 16.6. The molecule has 0 bridgehead atoms. The van der Waals surface area contributed by atoms with Crippen molar-refractivity contribution in [3.63, 3.8) is 0 Å². The van der Waals surface area contributed by atoms with Gasteiger partial charge in [0.1, 0.15) is 5.69 Å². The highest BCUT2D eigenvalue weighted by Gasteiger charge is 2.25. The number of halogens is 2. The molecule has 4 rings (SSSR count). The van der Waals surface area contributed by atoms with Crippen LogP contribution in [0.2, 0.25) is 10.0 Å². The van der Waals surface area contributed by atoms with Gasteiger partial charge >= 0.3 is 5.97 Å². The fraction of sp³-hybridized carbons (Fsp3) is 0.0476. The Hall–Kier alpha value is -3.22. The van der Waals surface area contributed by atoms with Crippen molar-refractivity contribution in [2.75, 3.05) is 0 Å². The summed E-state index contributed by atoms with van der Waals surface area (Å²) < 4.78 is 6.49. The first kappa shape index (κ1) is 19.1. The number of carbonyl (C=O) groups is 2. The van der Waals surface area contributed by atoms with Crippen LogP contribution in [0.15, 0.2) is 65.4 Å². The van der Waals surface area contributed by atoms with Gasteiger partial charge in [-0.05, 0) is 24.3 Å². The quantitative estimate of drug-likeness (QED) is 0.443. The molecule has 144 valence electrons. The highest BCUT2D eigenvalue weighted by molar-refractivity contribution is 6.42. The predicted molar refractivity (Wildman–Crippen MR) is 111 cm³/mol. The largest absolute Gasteiger partial charge is 0.402 e. The van der Waals surface area contributed by atoms with E-state index >= 15 is 0 Å². The minimum atomic E-state index is -0.611. The fourth-order valence-electron chi connectivity index (χ4n) is 2.78. The van der Waals surface area contributed by atoms with Gasteiger partial charge in [-0.15, -0.1) is 0 Å². The maximum atomic E-state index is 12.3. The monoisotopic (exact) mass is 425 g/mol. The number of hydrogen-bond acceptors (Lipinski definition) is 5. The van der Waals surface area contributed by atoms with E-state index in [9.17, 15) is 9.59 Å². The first-order chi connectivity index (χ1) is 13.9. The van der Waals surface area contributed by atoms with E-state index in [0.29, 0.717) is 26.9 Å². The Morgan fingerprint density at radius 2 is 1.83 bits per heavy atom. The first-order valence-electron chi connectivity index (χ1n) is 8.56. The van der Waals surface area contributed by atoms with Crippen molar-refractivity contribution in [1.82, 2.24) is 9.78 Å². The summed E-state index contributed by atoms with van der Waals surface area (Å²) in [7, 11) is 0. The van der Waals surface area contributed by atoms with Gasteiger partial charge in [-0.2, -0.15) is 5.10 Å². The second kappa shape index (κ2) is 7.66. The van der Waals surface area contributed by atoms with Gasteiger partial charge in [0.25, 0.3) is 0 Å². The Labute approximate surface area is 176 Å². The molecule has 0 unspecified atom stereocenters. The summed E-state index contributed by atoms with van der Waals surface area (Å²) in [5.41, 5.74) is 2.54. The smallest absolute Gasteiger partial charge is 0.363 e. The van der Waals surface area contributed by atoms with E-state index in [1.54, 1.807) is 30.5 Å². The highest BCUT2D eigenvalue weighted by Crippen LogP contribution is 2.28.